The number of halogens is 2. The van der Waals surface area contributed by atoms with Crippen LogP contribution in [0.25, 0.3) is 11.0 Å². The summed E-state index contributed by atoms with van der Waals surface area (Å²) in [7, 11) is 0. The Morgan fingerprint density at radius 2 is 1.97 bits per heavy atom. The number of H-pyrrole nitrogens is 1. The Morgan fingerprint density at radius 3 is 2.77 bits per heavy atom. The Labute approximate surface area is 190 Å². The third kappa shape index (κ3) is 3.92. The van der Waals surface area contributed by atoms with E-state index in [2.05, 4.69) is 25.2 Å². The van der Waals surface area contributed by atoms with Gasteiger partial charge in [0, 0.05) is 41.6 Å². The fourth-order valence-corrected chi connectivity index (χ4v) is 5.44. The van der Waals surface area contributed by atoms with Gasteiger partial charge in [0.15, 0.2) is 0 Å². The maximum Gasteiger partial charge on any atom is 0.244 e. The van der Waals surface area contributed by atoms with Crippen LogP contribution in [-0.2, 0) is 4.79 Å². The zero-order valence-electron chi connectivity index (χ0n) is 17.2. The van der Waals surface area contributed by atoms with E-state index in [9.17, 15) is 4.79 Å². The smallest absolute Gasteiger partial charge is 0.244 e. The Hall–Kier alpha value is -2.51. The van der Waals surface area contributed by atoms with Crippen LogP contribution >= 0.6 is 23.2 Å². The molecule has 1 aromatic carbocycles. The molecule has 2 N–H and O–H groups in total. The molecule has 0 radical (unpaired) electrons. The van der Waals surface area contributed by atoms with Gasteiger partial charge < -0.3 is 20.1 Å². The first-order chi connectivity index (χ1) is 15.0. The number of hydrogen-bond donors (Lipinski definition) is 2. The second kappa shape index (κ2) is 8.20. The van der Waals surface area contributed by atoms with E-state index in [1.165, 1.54) is 0 Å². The van der Waals surface area contributed by atoms with Gasteiger partial charge in [-0.15, -0.1) is 0 Å². The summed E-state index contributed by atoms with van der Waals surface area (Å²) < 4.78 is 0. The molecule has 2 aromatic heterocycles. The molecule has 0 saturated carbocycles. The van der Waals surface area contributed by atoms with Crippen molar-refractivity contribution >= 4 is 51.6 Å². The Balaban J connectivity index is 1.32. The van der Waals surface area contributed by atoms with Crippen LogP contribution in [0, 0.1) is 5.92 Å². The highest BCUT2D eigenvalue weighted by Gasteiger charge is 2.41. The van der Waals surface area contributed by atoms with E-state index < -0.39 is 0 Å². The van der Waals surface area contributed by atoms with Crippen LogP contribution in [-0.4, -0.2) is 57.5 Å². The van der Waals surface area contributed by atoms with E-state index in [1.54, 1.807) is 24.5 Å². The fraction of sp³-hybridized carbons (Fsp3) is 0.409. The van der Waals surface area contributed by atoms with Crippen LogP contribution in [0.1, 0.15) is 19.8 Å². The van der Waals surface area contributed by atoms with Gasteiger partial charge >= 0.3 is 0 Å². The molecule has 3 aromatic rings. The van der Waals surface area contributed by atoms with Crippen molar-refractivity contribution in [3.8, 4) is 0 Å². The topological polar surface area (TPSA) is 77.2 Å². The largest absolute Gasteiger partial charge is 0.374 e. The third-order valence-corrected chi connectivity index (χ3v) is 6.83. The van der Waals surface area contributed by atoms with E-state index in [4.69, 9.17) is 23.2 Å². The van der Waals surface area contributed by atoms with Gasteiger partial charge in [0.1, 0.15) is 23.8 Å². The van der Waals surface area contributed by atoms with Gasteiger partial charge in [0.05, 0.1) is 11.4 Å². The number of aromatic nitrogens is 3. The quantitative estimate of drug-likeness (QED) is 0.612. The molecule has 9 heteroatoms. The summed E-state index contributed by atoms with van der Waals surface area (Å²) in [6.45, 7) is 4.30. The number of nitrogens with one attached hydrogen (secondary N) is 2. The van der Waals surface area contributed by atoms with Gasteiger partial charge in [-0.3, -0.25) is 4.79 Å². The van der Waals surface area contributed by atoms with Crippen molar-refractivity contribution < 1.29 is 4.79 Å². The number of nitrogens with zero attached hydrogens (tertiary/aromatic N) is 4. The molecular formula is C22H24Cl2N6O. The Kier molecular flexibility index (Phi) is 5.40. The average Bonchev–Trinajstić information content (AvgIpc) is 3.38. The normalized spacial score (nSPS) is 21.9. The highest BCUT2D eigenvalue weighted by atomic mass is 35.5. The van der Waals surface area contributed by atoms with Crippen molar-refractivity contribution in [3.05, 3.63) is 46.8 Å². The molecule has 0 bridgehead atoms. The van der Waals surface area contributed by atoms with Crippen LogP contribution in [0.4, 0.5) is 11.5 Å². The Morgan fingerprint density at radius 1 is 1.19 bits per heavy atom. The van der Waals surface area contributed by atoms with Crippen molar-refractivity contribution in [3.63, 3.8) is 0 Å². The molecule has 3 atom stereocenters. The summed E-state index contributed by atoms with van der Waals surface area (Å²) in [6.07, 6.45) is 5.62. The molecule has 0 spiro atoms. The molecule has 2 saturated heterocycles. The van der Waals surface area contributed by atoms with Crippen LogP contribution in [0.2, 0.25) is 10.0 Å². The number of piperidine rings is 1. The lowest BCUT2D eigenvalue weighted by atomic mass is 9.91. The van der Waals surface area contributed by atoms with Gasteiger partial charge in [-0.1, -0.05) is 23.2 Å². The van der Waals surface area contributed by atoms with Crippen LogP contribution in [0.15, 0.2) is 36.8 Å². The summed E-state index contributed by atoms with van der Waals surface area (Å²) in [6, 6.07) is 7.13. The predicted octanol–water partition coefficient (Wildman–Crippen LogP) is 4.19. The summed E-state index contributed by atoms with van der Waals surface area (Å²) >= 11 is 12.2. The number of anilines is 2. The number of carbonyl (C=O) groups is 1. The second-order valence-corrected chi connectivity index (χ2v) is 9.22. The van der Waals surface area contributed by atoms with E-state index in [0.29, 0.717) is 22.5 Å². The maximum absolute atomic E-state index is 13.2. The second-order valence-electron chi connectivity index (χ2n) is 8.34. The molecule has 2 unspecified atom stereocenters. The molecule has 7 nitrogen and oxygen atoms in total. The van der Waals surface area contributed by atoms with Crippen molar-refractivity contribution in [2.45, 2.75) is 31.8 Å². The van der Waals surface area contributed by atoms with Crippen molar-refractivity contribution in [1.82, 2.24) is 19.9 Å². The minimum Gasteiger partial charge on any atom is -0.374 e. The number of amides is 1. The molecule has 31 heavy (non-hydrogen) atoms. The van der Waals surface area contributed by atoms with Crippen molar-refractivity contribution in [2.75, 3.05) is 29.9 Å². The molecule has 5 rings (SSSR count). The summed E-state index contributed by atoms with van der Waals surface area (Å²) in [5, 5.41) is 5.35. The summed E-state index contributed by atoms with van der Waals surface area (Å²) in [5.74, 6) is 1.60. The fourth-order valence-electron chi connectivity index (χ4n) is 4.91. The summed E-state index contributed by atoms with van der Waals surface area (Å²) in [5.41, 5.74) is 1.58. The number of hydrogen-bond acceptors (Lipinski definition) is 5. The zero-order chi connectivity index (χ0) is 21.5. The van der Waals surface area contributed by atoms with E-state index in [-0.39, 0.29) is 18.0 Å². The van der Waals surface area contributed by atoms with E-state index in [1.807, 2.05) is 24.1 Å². The predicted molar refractivity (Wildman–Crippen MR) is 124 cm³/mol. The first kappa shape index (κ1) is 20.4. The maximum atomic E-state index is 13.2. The van der Waals surface area contributed by atoms with Gasteiger partial charge in [-0.05, 0) is 49.9 Å². The number of benzene rings is 1. The summed E-state index contributed by atoms with van der Waals surface area (Å²) in [4.78, 5) is 29.6. The SMILES string of the molecule is C[C@@H](Nc1cc(Cl)cc(Cl)c1)C(=O)N1CCC2CCN(c3ncnc4[nH]ccc34)C2C1. The zero-order valence-corrected chi connectivity index (χ0v) is 18.7. The molecule has 162 valence electrons. The minimum atomic E-state index is -0.378. The van der Waals surface area contributed by atoms with Crippen LogP contribution in [0.3, 0.4) is 0 Å². The van der Waals surface area contributed by atoms with Gasteiger partial charge in [0.25, 0.3) is 0 Å². The Bertz CT molecular complexity index is 1100. The lowest BCUT2D eigenvalue weighted by Crippen LogP contribution is -2.53. The molecule has 4 heterocycles. The molecular weight excluding hydrogens is 435 g/mol. The average molecular weight is 459 g/mol. The molecule has 0 aliphatic carbocycles. The number of fused-ring (bicyclic) bond motifs is 2. The van der Waals surface area contributed by atoms with Crippen LogP contribution < -0.4 is 10.2 Å². The van der Waals surface area contributed by atoms with Crippen molar-refractivity contribution in [2.24, 2.45) is 5.92 Å². The number of carbonyl (C=O) groups excluding carboxylic acids is 1. The molecule has 1 amide bonds. The minimum absolute atomic E-state index is 0.0795. The number of likely N-dealkylation sites (tertiary alicyclic amines) is 1. The van der Waals surface area contributed by atoms with Gasteiger partial charge in [-0.2, -0.15) is 0 Å². The standard InChI is InChI=1S/C22H24Cl2N6O/c1-13(28-17-9-15(23)8-16(24)10-17)22(31)29-6-3-14-4-7-30(19(14)11-29)21-18-2-5-25-20(18)26-12-27-21/h2,5,8-10,12-14,19,28H,3-4,6-7,11H2,1H3,(H,25,26,27)/t13-,14?,19?/m1/s1. The highest BCUT2D eigenvalue weighted by molar-refractivity contribution is 6.35. The number of aromatic amines is 1. The first-order valence-corrected chi connectivity index (χ1v) is 11.3. The highest BCUT2D eigenvalue weighted by Crippen LogP contribution is 2.36. The van der Waals surface area contributed by atoms with Crippen LogP contribution in [0.5, 0.6) is 0 Å². The van der Waals surface area contributed by atoms with Gasteiger partial charge in [-0.25, -0.2) is 9.97 Å². The number of rotatable bonds is 4. The lowest BCUT2D eigenvalue weighted by Gasteiger charge is -2.40. The van der Waals surface area contributed by atoms with E-state index in [0.717, 1.165) is 48.5 Å². The van der Waals surface area contributed by atoms with Gasteiger partial charge in [0.2, 0.25) is 5.91 Å². The van der Waals surface area contributed by atoms with Crippen molar-refractivity contribution in [1.29, 1.82) is 0 Å². The lowest BCUT2D eigenvalue weighted by molar-refractivity contribution is -0.133. The first-order valence-electron chi connectivity index (χ1n) is 10.6. The molecule has 2 fully saturated rings. The molecule has 2 aliphatic rings. The van der Waals surface area contributed by atoms with E-state index >= 15 is 0 Å². The third-order valence-electron chi connectivity index (χ3n) is 6.40. The molecule has 2 aliphatic heterocycles. The monoisotopic (exact) mass is 458 g/mol.